The van der Waals surface area contributed by atoms with Gasteiger partial charge in [-0.2, -0.15) is 11.8 Å². The summed E-state index contributed by atoms with van der Waals surface area (Å²) in [6.45, 7) is 7.61. The van der Waals surface area contributed by atoms with E-state index in [1.807, 2.05) is 55.9 Å². The predicted octanol–water partition coefficient (Wildman–Crippen LogP) is 4.31. The monoisotopic (exact) mass is 447 g/mol. The molecule has 1 aromatic heterocycles. The van der Waals surface area contributed by atoms with Gasteiger partial charge in [0.1, 0.15) is 5.56 Å². The van der Waals surface area contributed by atoms with Crippen LogP contribution in [0.2, 0.25) is 0 Å². The molecule has 0 saturated carbocycles. The number of hydrogen-bond donors (Lipinski definition) is 1. The SMILES string of the molecule is Cc1cccc(Cn2cccc(C(=O)Nc3ccc(CN4CCSCC4)cc3C)c2=O)c1. The normalized spacial score (nSPS) is 14.3. The van der Waals surface area contributed by atoms with Crippen LogP contribution in [0.25, 0.3) is 0 Å². The van der Waals surface area contributed by atoms with Gasteiger partial charge >= 0.3 is 0 Å². The van der Waals surface area contributed by atoms with E-state index >= 15 is 0 Å². The maximum absolute atomic E-state index is 12.9. The Morgan fingerprint density at radius 2 is 1.75 bits per heavy atom. The molecule has 0 radical (unpaired) electrons. The molecule has 0 atom stereocenters. The molecule has 1 fully saturated rings. The highest BCUT2D eigenvalue weighted by Crippen LogP contribution is 2.20. The topological polar surface area (TPSA) is 54.3 Å². The number of hydrogen-bond acceptors (Lipinski definition) is 4. The van der Waals surface area contributed by atoms with Crippen LogP contribution in [0.1, 0.15) is 32.6 Å². The summed E-state index contributed by atoms with van der Waals surface area (Å²) in [6, 6.07) is 17.5. The number of pyridine rings is 1. The molecule has 4 rings (SSSR count). The quantitative estimate of drug-likeness (QED) is 0.612. The Bertz CT molecular complexity index is 1170. The first-order valence-corrected chi connectivity index (χ1v) is 12.1. The molecule has 166 valence electrons. The van der Waals surface area contributed by atoms with E-state index in [1.165, 1.54) is 17.1 Å². The number of thioether (sulfide) groups is 1. The van der Waals surface area contributed by atoms with Crippen LogP contribution in [0.5, 0.6) is 0 Å². The smallest absolute Gasteiger partial charge is 0.263 e. The van der Waals surface area contributed by atoms with Gasteiger partial charge in [0.2, 0.25) is 0 Å². The lowest BCUT2D eigenvalue weighted by Gasteiger charge is -2.26. The lowest BCUT2D eigenvalue weighted by atomic mass is 10.1. The molecule has 0 spiro atoms. The minimum atomic E-state index is -0.377. The largest absolute Gasteiger partial charge is 0.322 e. The molecule has 1 saturated heterocycles. The summed E-state index contributed by atoms with van der Waals surface area (Å²) in [5.41, 5.74) is 5.01. The van der Waals surface area contributed by atoms with Gasteiger partial charge in [-0.1, -0.05) is 42.0 Å². The molecule has 5 nitrogen and oxygen atoms in total. The summed E-state index contributed by atoms with van der Waals surface area (Å²) >= 11 is 2.01. The van der Waals surface area contributed by atoms with Gasteiger partial charge in [-0.05, 0) is 48.7 Å². The van der Waals surface area contributed by atoms with E-state index in [0.29, 0.717) is 6.54 Å². The zero-order valence-electron chi connectivity index (χ0n) is 18.6. The standard InChI is InChI=1S/C26H29N3O2S/c1-19-5-3-6-21(15-19)18-29-10-4-7-23(26(29)31)25(30)27-24-9-8-22(16-20(24)2)17-28-11-13-32-14-12-28/h3-10,15-16H,11-14,17-18H2,1-2H3,(H,27,30). The molecule has 3 aromatic rings. The van der Waals surface area contributed by atoms with E-state index in [2.05, 4.69) is 22.3 Å². The molecule has 2 heterocycles. The average Bonchev–Trinajstić information content (AvgIpc) is 2.78. The van der Waals surface area contributed by atoms with Crippen molar-refractivity contribution in [3.8, 4) is 0 Å². The third-order valence-corrected chi connectivity index (χ3v) is 6.69. The van der Waals surface area contributed by atoms with Crippen molar-refractivity contribution in [2.75, 3.05) is 29.9 Å². The molecule has 0 aliphatic carbocycles. The number of carbonyl (C=O) groups excluding carboxylic acids is 1. The number of nitrogens with zero attached hydrogens (tertiary/aromatic N) is 2. The van der Waals surface area contributed by atoms with Crippen molar-refractivity contribution < 1.29 is 4.79 Å². The molecule has 1 N–H and O–H groups in total. The highest BCUT2D eigenvalue weighted by Gasteiger charge is 2.15. The summed E-state index contributed by atoms with van der Waals surface area (Å²) < 4.78 is 1.58. The zero-order valence-corrected chi connectivity index (χ0v) is 19.5. The Morgan fingerprint density at radius 1 is 0.969 bits per heavy atom. The minimum Gasteiger partial charge on any atom is -0.322 e. The van der Waals surface area contributed by atoms with Crippen molar-refractivity contribution in [2.24, 2.45) is 0 Å². The number of amides is 1. The summed E-state index contributed by atoms with van der Waals surface area (Å²) in [4.78, 5) is 28.3. The third kappa shape index (κ3) is 5.50. The van der Waals surface area contributed by atoms with E-state index in [1.54, 1.807) is 22.9 Å². The van der Waals surface area contributed by atoms with Gasteiger partial charge in [-0.15, -0.1) is 0 Å². The van der Waals surface area contributed by atoms with Crippen molar-refractivity contribution in [1.82, 2.24) is 9.47 Å². The number of aryl methyl sites for hydroxylation is 2. The first kappa shape index (κ1) is 22.4. The molecule has 1 aliphatic rings. The van der Waals surface area contributed by atoms with Crippen molar-refractivity contribution in [2.45, 2.75) is 26.9 Å². The summed E-state index contributed by atoms with van der Waals surface area (Å²) in [5.74, 6) is 1.99. The number of carbonyl (C=O) groups is 1. The Labute approximate surface area is 193 Å². The highest BCUT2D eigenvalue weighted by molar-refractivity contribution is 7.99. The molecule has 2 aromatic carbocycles. The van der Waals surface area contributed by atoms with Crippen LogP contribution >= 0.6 is 11.8 Å². The Morgan fingerprint density at radius 3 is 2.50 bits per heavy atom. The van der Waals surface area contributed by atoms with Crippen LogP contribution in [0, 0.1) is 13.8 Å². The predicted molar refractivity (Wildman–Crippen MR) is 133 cm³/mol. The fraction of sp³-hybridized carbons (Fsp3) is 0.308. The molecule has 1 aliphatic heterocycles. The second-order valence-corrected chi connectivity index (χ2v) is 9.56. The first-order chi connectivity index (χ1) is 15.5. The van der Waals surface area contributed by atoms with Gasteiger partial charge in [-0.3, -0.25) is 14.5 Å². The molecule has 32 heavy (non-hydrogen) atoms. The van der Waals surface area contributed by atoms with Crippen molar-refractivity contribution in [1.29, 1.82) is 0 Å². The van der Waals surface area contributed by atoms with Gasteiger partial charge < -0.3 is 9.88 Å². The Kier molecular flexibility index (Phi) is 7.12. The van der Waals surface area contributed by atoms with E-state index in [4.69, 9.17) is 0 Å². The fourth-order valence-corrected chi connectivity index (χ4v) is 4.99. The number of anilines is 1. The van der Waals surface area contributed by atoms with Crippen LogP contribution in [0.15, 0.2) is 65.6 Å². The van der Waals surface area contributed by atoms with Gasteiger partial charge in [-0.25, -0.2) is 0 Å². The number of nitrogens with one attached hydrogen (secondary N) is 1. The fourth-order valence-electron chi connectivity index (χ4n) is 4.01. The van der Waals surface area contributed by atoms with Gasteiger partial charge in [0.25, 0.3) is 11.5 Å². The molecule has 0 unspecified atom stereocenters. The maximum atomic E-state index is 12.9. The molecule has 1 amide bonds. The second kappa shape index (κ2) is 10.2. The summed E-state index contributed by atoms with van der Waals surface area (Å²) in [6.07, 6.45) is 1.72. The van der Waals surface area contributed by atoms with Gasteiger partial charge in [0, 0.05) is 43.0 Å². The average molecular weight is 448 g/mol. The van der Waals surface area contributed by atoms with E-state index in [9.17, 15) is 9.59 Å². The first-order valence-electron chi connectivity index (χ1n) is 11.0. The molecule has 0 bridgehead atoms. The van der Waals surface area contributed by atoms with Crippen LogP contribution in [0.4, 0.5) is 5.69 Å². The summed E-state index contributed by atoms with van der Waals surface area (Å²) in [7, 11) is 0. The highest BCUT2D eigenvalue weighted by atomic mass is 32.2. The third-order valence-electron chi connectivity index (χ3n) is 5.75. The molecular weight excluding hydrogens is 418 g/mol. The molecule has 6 heteroatoms. The number of benzene rings is 2. The summed E-state index contributed by atoms with van der Waals surface area (Å²) in [5, 5.41) is 2.93. The number of rotatable bonds is 6. The minimum absolute atomic E-state index is 0.148. The Hall–Kier alpha value is -2.83. The van der Waals surface area contributed by atoms with Crippen molar-refractivity contribution in [3.05, 3.63) is 99.0 Å². The lowest BCUT2D eigenvalue weighted by molar-refractivity contribution is 0.102. The van der Waals surface area contributed by atoms with Crippen LogP contribution in [-0.2, 0) is 13.1 Å². The van der Waals surface area contributed by atoms with E-state index in [0.717, 1.165) is 42.0 Å². The molecular formula is C26H29N3O2S. The van der Waals surface area contributed by atoms with Gasteiger partial charge in [0.15, 0.2) is 0 Å². The maximum Gasteiger partial charge on any atom is 0.263 e. The van der Waals surface area contributed by atoms with Gasteiger partial charge in [0.05, 0.1) is 6.54 Å². The number of aromatic nitrogens is 1. The van der Waals surface area contributed by atoms with Crippen molar-refractivity contribution in [3.63, 3.8) is 0 Å². The van der Waals surface area contributed by atoms with Crippen LogP contribution < -0.4 is 10.9 Å². The van der Waals surface area contributed by atoms with Crippen molar-refractivity contribution >= 4 is 23.4 Å². The van der Waals surface area contributed by atoms with Crippen LogP contribution in [0.3, 0.4) is 0 Å². The second-order valence-electron chi connectivity index (χ2n) is 8.34. The Balaban J connectivity index is 1.47. The van der Waals surface area contributed by atoms with Crippen LogP contribution in [-0.4, -0.2) is 40.0 Å². The van der Waals surface area contributed by atoms with E-state index < -0.39 is 0 Å². The lowest BCUT2D eigenvalue weighted by Crippen LogP contribution is -2.32. The zero-order chi connectivity index (χ0) is 22.5. The van der Waals surface area contributed by atoms with E-state index in [-0.39, 0.29) is 17.0 Å².